The third kappa shape index (κ3) is 4.36. The third-order valence-corrected chi connectivity index (χ3v) is 6.20. The molecule has 1 heterocycles. The zero-order chi connectivity index (χ0) is 23.5. The van der Waals surface area contributed by atoms with Crippen molar-refractivity contribution in [2.75, 3.05) is 6.61 Å². The van der Waals surface area contributed by atoms with Crippen LogP contribution in [-0.2, 0) is 25.7 Å². The molecule has 2 aliphatic rings. The van der Waals surface area contributed by atoms with E-state index in [0.717, 1.165) is 29.2 Å². The smallest absolute Gasteiger partial charge is 0.348 e. The predicted octanol–water partition coefficient (Wildman–Crippen LogP) is 5.57. The van der Waals surface area contributed by atoms with Crippen LogP contribution in [0.15, 0.2) is 66.2 Å². The lowest BCUT2D eigenvalue weighted by molar-refractivity contribution is -0.232. The third-order valence-electron chi connectivity index (χ3n) is 6.20. The summed E-state index contributed by atoms with van der Waals surface area (Å²) in [6.45, 7) is 2.70. The van der Waals surface area contributed by atoms with Crippen molar-refractivity contribution in [2.24, 2.45) is 0 Å². The fourth-order valence-corrected chi connectivity index (χ4v) is 4.53. The fourth-order valence-electron chi connectivity index (χ4n) is 4.53. The number of benzene rings is 3. The molecule has 0 radical (unpaired) electrons. The van der Waals surface area contributed by atoms with Crippen LogP contribution in [0.5, 0.6) is 11.5 Å². The molecule has 0 atom stereocenters. The first-order valence-corrected chi connectivity index (χ1v) is 11.6. The SMILES string of the molecule is CCOc1cc(C=C2C(=O)OC3(CCCC3)OC2=O)ccc1OCc1cccc2ccccc12. The van der Waals surface area contributed by atoms with Gasteiger partial charge in [0.2, 0.25) is 0 Å². The van der Waals surface area contributed by atoms with Gasteiger partial charge in [-0.3, -0.25) is 0 Å². The Morgan fingerprint density at radius 2 is 1.62 bits per heavy atom. The summed E-state index contributed by atoms with van der Waals surface area (Å²) < 4.78 is 22.9. The van der Waals surface area contributed by atoms with Crippen LogP contribution in [0.4, 0.5) is 0 Å². The summed E-state index contributed by atoms with van der Waals surface area (Å²) >= 11 is 0. The summed E-state index contributed by atoms with van der Waals surface area (Å²) in [4.78, 5) is 25.1. The van der Waals surface area contributed by atoms with Crippen molar-refractivity contribution in [3.05, 3.63) is 77.4 Å². The van der Waals surface area contributed by atoms with Gasteiger partial charge in [0.05, 0.1) is 6.61 Å². The minimum Gasteiger partial charge on any atom is -0.490 e. The first-order valence-electron chi connectivity index (χ1n) is 11.6. The van der Waals surface area contributed by atoms with Crippen LogP contribution in [0.1, 0.15) is 43.7 Å². The minimum absolute atomic E-state index is 0.121. The van der Waals surface area contributed by atoms with Crippen molar-refractivity contribution in [1.82, 2.24) is 0 Å². The average Bonchev–Trinajstić information content (AvgIpc) is 3.28. The molecule has 5 rings (SSSR count). The molecule has 0 aromatic heterocycles. The molecule has 0 N–H and O–H groups in total. The molecule has 6 nitrogen and oxygen atoms in total. The van der Waals surface area contributed by atoms with Crippen molar-refractivity contribution in [3.63, 3.8) is 0 Å². The number of fused-ring (bicyclic) bond motifs is 1. The van der Waals surface area contributed by atoms with Gasteiger partial charge >= 0.3 is 11.9 Å². The summed E-state index contributed by atoms with van der Waals surface area (Å²) in [5.74, 6) is -1.27. The molecule has 6 heteroatoms. The Morgan fingerprint density at radius 3 is 2.38 bits per heavy atom. The number of hydrogen-bond donors (Lipinski definition) is 0. The molecule has 1 aliphatic heterocycles. The van der Waals surface area contributed by atoms with Gasteiger partial charge < -0.3 is 18.9 Å². The number of carbonyl (C=O) groups is 2. The maximum atomic E-state index is 12.6. The first kappa shape index (κ1) is 22.0. The molecule has 174 valence electrons. The van der Waals surface area contributed by atoms with Crippen LogP contribution >= 0.6 is 0 Å². The lowest BCUT2D eigenvalue weighted by Crippen LogP contribution is -2.44. The predicted molar refractivity (Wildman–Crippen MR) is 127 cm³/mol. The van der Waals surface area contributed by atoms with Crippen LogP contribution in [0, 0.1) is 0 Å². The van der Waals surface area contributed by atoms with E-state index in [4.69, 9.17) is 18.9 Å². The van der Waals surface area contributed by atoms with E-state index in [0.29, 0.717) is 43.1 Å². The topological polar surface area (TPSA) is 71.1 Å². The molecule has 1 saturated carbocycles. The largest absolute Gasteiger partial charge is 0.490 e. The quantitative estimate of drug-likeness (QED) is 0.273. The Labute approximate surface area is 198 Å². The van der Waals surface area contributed by atoms with Crippen molar-refractivity contribution in [1.29, 1.82) is 0 Å². The average molecular weight is 459 g/mol. The Morgan fingerprint density at radius 1 is 0.882 bits per heavy atom. The Balaban J connectivity index is 1.37. The second-order valence-corrected chi connectivity index (χ2v) is 8.52. The van der Waals surface area contributed by atoms with Crippen LogP contribution < -0.4 is 9.47 Å². The molecule has 0 unspecified atom stereocenters. The molecule has 1 aliphatic carbocycles. The molecule has 3 aromatic carbocycles. The highest BCUT2D eigenvalue weighted by Crippen LogP contribution is 2.39. The van der Waals surface area contributed by atoms with Gasteiger partial charge in [0.25, 0.3) is 5.79 Å². The van der Waals surface area contributed by atoms with E-state index in [1.54, 1.807) is 18.2 Å². The van der Waals surface area contributed by atoms with Gasteiger partial charge in [-0.25, -0.2) is 9.59 Å². The zero-order valence-corrected chi connectivity index (χ0v) is 19.0. The molecule has 0 amide bonds. The van der Waals surface area contributed by atoms with Crippen LogP contribution in [0.25, 0.3) is 16.8 Å². The standard InChI is InChI=1S/C28H26O6/c1-2-31-25-17-19(16-23-26(29)33-28(34-27(23)30)14-5-6-15-28)12-13-24(25)32-18-21-10-7-9-20-8-3-4-11-22(20)21/h3-4,7-13,16-17H,2,5-6,14-15,18H2,1H3. The van der Waals surface area contributed by atoms with Crippen molar-refractivity contribution in [2.45, 2.75) is 45.0 Å². The molecule has 2 fully saturated rings. The molecule has 1 saturated heterocycles. The van der Waals surface area contributed by atoms with E-state index < -0.39 is 17.7 Å². The maximum Gasteiger partial charge on any atom is 0.348 e. The Hall–Kier alpha value is -3.80. The highest BCUT2D eigenvalue weighted by atomic mass is 16.7. The summed E-state index contributed by atoms with van der Waals surface area (Å²) in [7, 11) is 0. The Kier molecular flexibility index (Phi) is 5.97. The van der Waals surface area contributed by atoms with E-state index in [1.807, 2.05) is 31.2 Å². The van der Waals surface area contributed by atoms with Crippen molar-refractivity contribution < 1.29 is 28.5 Å². The highest BCUT2D eigenvalue weighted by Gasteiger charge is 2.47. The highest BCUT2D eigenvalue weighted by molar-refractivity contribution is 6.19. The van der Waals surface area contributed by atoms with E-state index in [1.165, 1.54) is 6.08 Å². The van der Waals surface area contributed by atoms with Gasteiger partial charge in [0.15, 0.2) is 11.5 Å². The summed E-state index contributed by atoms with van der Waals surface area (Å²) in [6.07, 6.45) is 4.32. The van der Waals surface area contributed by atoms with E-state index in [2.05, 4.69) is 18.2 Å². The number of ether oxygens (including phenoxy) is 4. The number of hydrogen-bond acceptors (Lipinski definition) is 6. The zero-order valence-electron chi connectivity index (χ0n) is 19.0. The van der Waals surface area contributed by atoms with Gasteiger partial charge in [-0.1, -0.05) is 48.5 Å². The van der Waals surface area contributed by atoms with E-state index in [-0.39, 0.29) is 5.57 Å². The van der Waals surface area contributed by atoms with E-state index >= 15 is 0 Å². The van der Waals surface area contributed by atoms with Gasteiger partial charge in [0.1, 0.15) is 12.2 Å². The van der Waals surface area contributed by atoms with Crippen LogP contribution in [0.2, 0.25) is 0 Å². The second kappa shape index (κ2) is 9.21. The first-order chi connectivity index (χ1) is 16.6. The normalized spacial score (nSPS) is 16.9. The van der Waals surface area contributed by atoms with Crippen molar-refractivity contribution in [3.8, 4) is 11.5 Å². The summed E-state index contributed by atoms with van der Waals surface area (Å²) in [5, 5.41) is 2.29. The molecular formula is C28H26O6. The molecular weight excluding hydrogens is 432 g/mol. The molecule has 1 spiro atoms. The minimum atomic E-state index is -1.08. The number of rotatable bonds is 6. The van der Waals surface area contributed by atoms with Crippen LogP contribution in [0.3, 0.4) is 0 Å². The summed E-state index contributed by atoms with van der Waals surface area (Å²) in [6, 6.07) is 19.6. The van der Waals surface area contributed by atoms with Gasteiger partial charge in [-0.2, -0.15) is 0 Å². The Bertz CT molecular complexity index is 1240. The number of carbonyl (C=O) groups excluding carboxylic acids is 2. The fraction of sp³-hybridized carbons (Fsp3) is 0.286. The lowest BCUT2D eigenvalue weighted by atomic mass is 10.1. The molecule has 3 aromatic rings. The van der Waals surface area contributed by atoms with Crippen molar-refractivity contribution >= 4 is 28.8 Å². The van der Waals surface area contributed by atoms with Gasteiger partial charge in [-0.05, 0) is 59.9 Å². The molecule has 34 heavy (non-hydrogen) atoms. The van der Waals surface area contributed by atoms with Gasteiger partial charge in [0, 0.05) is 12.8 Å². The second-order valence-electron chi connectivity index (χ2n) is 8.52. The maximum absolute atomic E-state index is 12.6. The van der Waals surface area contributed by atoms with Gasteiger partial charge in [-0.15, -0.1) is 0 Å². The summed E-state index contributed by atoms with van der Waals surface area (Å²) in [5.41, 5.74) is 1.57. The lowest BCUT2D eigenvalue weighted by Gasteiger charge is -2.32. The van der Waals surface area contributed by atoms with Crippen LogP contribution in [-0.4, -0.2) is 24.3 Å². The number of esters is 2. The monoisotopic (exact) mass is 458 g/mol. The van der Waals surface area contributed by atoms with E-state index in [9.17, 15) is 9.59 Å². The molecule has 0 bridgehead atoms.